The molecule has 0 aliphatic heterocycles. The lowest BCUT2D eigenvalue weighted by Gasteiger charge is -2.10. The maximum absolute atomic E-state index is 12.2. The highest BCUT2D eigenvalue weighted by atomic mass is 79.9. The van der Waals surface area contributed by atoms with Gasteiger partial charge < -0.3 is 5.11 Å². The van der Waals surface area contributed by atoms with Gasteiger partial charge in [-0.3, -0.25) is 4.72 Å². The zero-order valence-corrected chi connectivity index (χ0v) is 12.3. The molecule has 2 rings (SSSR count). The number of anilines is 1. The van der Waals surface area contributed by atoms with Crippen LogP contribution >= 0.6 is 15.9 Å². The average Bonchev–Trinajstić information content (AvgIpc) is 2.41. The molecule has 0 saturated carbocycles. The number of para-hydroxylation sites is 1. The monoisotopic (exact) mass is 341 g/mol. The molecule has 2 N–H and O–H groups in total. The third-order valence-electron chi connectivity index (χ3n) is 2.51. The van der Waals surface area contributed by atoms with Crippen LogP contribution in [0.1, 0.15) is 5.56 Å². The number of hydrogen-bond donors (Lipinski definition) is 2. The van der Waals surface area contributed by atoms with Crippen LogP contribution in [0.4, 0.5) is 5.69 Å². The van der Waals surface area contributed by atoms with Crippen LogP contribution in [0, 0.1) is 0 Å². The number of aliphatic hydroxyl groups excluding tert-OH is 1. The lowest BCUT2D eigenvalue weighted by atomic mass is 10.2. The summed E-state index contributed by atoms with van der Waals surface area (Å²) in [4.78, 5) is 0.120. The molecule has 0 atom stereocenters. The Bertz CT molecular complexity index is 686. The first kappa shape index (κ1) is 14.0. The summed E-state index contributed by atoms with van der Waals surface area (Å²) in [5.74, 6) is 0. The quantitative estimate of drug-likeness (QED) is 0.898. The molecule has 0 fully saturated rings. The molecule has 0 bridgehead atoms. The smallest absolute Gasteiger partial charge is 0.261 e. The summed E-state index contributed by atoms with van der Waals surface area (Å²) in [6.45, 7) is -0.196. The Hall–Kier alpha value is -1.37. The predicted octanol–water partition coefficient (Wildman–Crippen LogP) is 2.74. The van der Waals surface area contributed by atoms with Crippen LogP contribution in [0.2, 0.25) is 0 Å². The van der Waals surface area contributed by atoms with E-state index in [9.17, 15) is 8.42 Å². The molecule has 0 aliphatic carbocycles. The number of rotatable bonds is 4. The molecule has 0 unspecified atom stereocenters. The van der Waals surface area contributed by atoms with Crippen molar-refractivity contribution in [1.29, 1.82) is 0 Å². The second-order valence-electron chi connectivity index (χ2n) is 3.89. The Morgan fingerprint density at radius 3 is 2.53 bits per heavy atom. The van der Waals surface area contributed by atoms with Crippen molar-refractivity contribution in [3.05, 3.63) is 58.6 Å². The van der Waals surface area contributed by atoms with Gasteiger partial charge in [0.05, 0.1) is 17.2 Å². The SMILES string of the molecule is O=S(=O)(Nc1ccccc1Br)c1cccc(CO)c1. The second kappa shape index (κ2) is 5.73. The summed E-state index contributed by atoms with van der Waals surface area (Å²) in [7, 11) is -3.66. The van der Waals surface area contributed by atoms with Crippen molar-refractivity contribution in [2.45, 2.75) is 11.5 Å². The zero-order chi connectivity index (χ0) is 13.9. The van der Waals surface area contributed by atoms with Crippen molar-refractivity contribution < 1.29 is 13.5 Å². The van der Waals surface area contributed by atoms with Crippen LogP contribution in [0.15, 0.2) is 57.9 Å². The minimum atomic E-state index is -3.66. The van der Waals surface area contributed by atoms with E-state index >= 15 is 0 Å². The highest BCUT2D eigenvalue weighted by Crippen LogP contribution is 2.24. The van der Waals surface area contributed by atoms with Gasteiger partial charge in [-0.15, -0.1) is 0 Å². The van der Waals surface area contributed by atoms with Gasteiger partial charge in [0.2, 0.25) is 0 Å². The molecule has 2 aromatic rings. The highest BCUT2D eigenvalue weighted by Gasteiger charge is 2.15. The van der Waals surface area contributed by atoms with Crippen molar-refractivity contribution in [2.75, 3.05) is 4.72 Å². The second-order valence-corrected chi connectivity index (χ2v) is 6.43. The molecule has 19 heavy (non-hydrogen) atoms. The maximum Gasteiger partial charge on any atom is 0.261 e. The number of sulfonamides is 1. The van der Waals surface area contributed by atoms with E-state index in [4.69, 9.17) is 5.11 Å². The van der Waals surface area contributed by atoms with Gasteiger partial charge in [0.25, 0.3) is 10.0 Å². The molecule has 0 aromatic heterocycles. The molecule has 0 saturated heterocycles. The van der Waals surface area contributed by atoms with E-state index in [1.54, 1.807) is 36.4 Å². The normalized spacial score (nSPS) is 11.3. The van der Waals surface area contributed by atoms with Gasteiger partial charge >= 0.3 is 0 Å². The van der Waals surface area contributed by atoms with Crippen LogP contribution in [-0.2, 0) is 16.6 Å². The summed E-state index contributed by atoms with van der Waals surface area (Å²) in [5, 5.41) is 9.04. The van der Waals surface area contributed by atoms with Crippen LogP contribution < -0.4 is 4.72 Å². The van der Waals surface area contributed by atoms with Gasteiger partial charge in [-0.1, -0.05) is 24.3 Å². The van der Waals surface area contributed by atoms with E-state index in [-0.39, 0.29) is 11.5 Å². The highest BCUT2D eigenvalue weighted by molar-refractivity contribution is 9.10. The van der Waals surface area contributed by atoms with Gasteiger partial charge in [0.15, 0.2) is 0 Å². The van der Waals surface area contributed by atoms with Gasteiger partial charge in [-0.2, -0.15) is 0 Å². The van der Waals surface area contributed by atoms with E-state index in [1.807, 2.05) is 0 Å². The first-order valence-corrected chi connectivity index (χ1v) is 7.78. The number of hydrogen-bond acceptors (Lipinski definition) is 3. The molecule has 4 nitrogen and oxygen atoms in total. The van der Waals surface area contributed by atoms with Crippen molar-refractivity contribution in [3.8, 4) is 0 Å². The van der Waals surface area contributed by atoms with Gasteiger partial charge in [-0.25, -0.2) is 8.42 Å². The van der Waals surface area contributed by atoms with Crippen LogP contribution in [0.25, 0.3) is 0 Å². The molecular weight excluding hydrogens is 330 g/mol. The molecule has 0 radical (unpaired) electrons. The fourth-order valence-corrected chi connectivity index (χ4v) is 3.22. The Morgan fingerprint density at radius 2 is 1.84 bits per heavy atom. The predicted molar refractivity (Wildman–Crippen MR) is 77.3 cm³/mol. The summed E-state index contributed by atoms with van der Waals surface area (Å²) >= 11 is 3.28. The lowest BCUT2D eigenvalue weighted by Crippen LogP contribution is -2.13. The molecular formula is C13H12BrNO3S. The minimum Gasteiger partial charge on any atom is -0.392 e. The summed E-state index contributed by atoms with van der Waals surface area (Å²) < 4.78 is 27.6. The number of aliphatic hydroxyl groups is 1. The van der Waals surface area contributed by atoms with Gasteiger partial charge in [-0.05, 0) is 45.8 Å². The lowest BCUT2D eigenvalue weighted by molar-refractivity contribution is 0.281. The van der Waals surface area contributed by atoms with Crippen LogP contribution in [0.3, 0.4) is 0 Å². The summed E-state index contributed by atoms with van der Waals surface area (Å²) in [6.07, 6.45) is 0. The van der Waals surface area contributed by atoms with Crippen molar-refractivity contribution in [1.82, 2.24) is 0 Å². The number of benzene rings is 2. The molecule has 0 heterocycles. The van der Waals surface area contributed by atoms with Crippen molar-refractivity contribution in [3.63, 3.8) is 0 Å². The Balaban J connectivity index is 2.35. The third kappa shape index (κ3) is 3.34. The van der Waals surface area contributed by atoms with Gasteiger partial charge in [0.1, 0.15) is 0 Å². The van der Waals surface area contributed by atoms with E-state index in [1.165, 1.54) is 12.1 Å². The standard InChI is InChI=1S/C13H12BrNO3S/c14-12-6-1-2-7-13(12)15-19(17,18)11-5-3-4-10(8-11)9-16/h1-8,15-16H,9H2. The number of halogens is 1. The van der Waals surface area contributed by atoms with Crippen molar-refractivity contribution >= 4 is 31.6 Å². The average molecular weight is 342 g/mol. The summed E-state index contributed by atoms with van der Waals surface area (Å²) in [5.41, 5.74) is 1.02. The Labute approximate surface area is 120 Å². The Kier molecular flexibility index (Phi) is 4.24. The molecule has 2 aromatic carbocycles. The molecule has 0 spiro atoms. The van der Waals surface area contributed by atoms with Gasteiger partial charge in [0, 0.05) is 4.47 Å². The number of nitrogens with one attached hydrogen (secondary N) is 1. The zero-order valence-electron chi connectivity index (χ0n) is 9.88. The molecule has 6 heteroatoms. The van der Waals surface area contributed by atoms with Crippen LogP contribution in [-0.4, -0.2) is 13.5 Å². The minimum absolute atomic E-state index is 0.120. The van der Waals surface area contributed by atoms with E-state index in [0.717, 1.165) is 0 Å². The fraction of sp³-hybridized carbons (Fsp3) is 0.0769. The first-order chi connectivity index (χ1) is 9.03. The van der Waals surface area contributed by atoms with E-state index in [0.29, 0.717) is 15.7 Å². The van der Waals surface area contributed by atoms with E-state index < -0.39 is 10.0 Å². The van der Waals surface area contributed by atoms with Crippen molar-refractivity contribution in [2.24, 2.45) is 0 Å². The molecule has 0 aliphatic rings. The first-order valence-electron chi connectivity index (χ1n) is 5.50. The molecule has 100 valence electrons. The summed E-state index contributed by atoms with van der Waals surface area (Å²) in [6, 6.07) is 13.1. The third-order valence-corrected chi connectivity index (χ3v) is 4.56. The molecule has 0 amide bonds. The topological polar surface area (TPSA) is 66.4 Å². The van der Waals surface area contributed by atoms with E-state index in [2.05, 4.69) is 20.7 Å². The maximum atomic E-state index is 12.2. The Morgan fingerprint density at radius 1 is 1.11 bits per heavy atom. The fourth-order valence-electron chi connectivity index (χ4n) is 1.56. The largest absolute Gasteiger partial charge is 0.392 e. The van der Waals surface area contributed by atoms with Crippen LogP contribution in [0.5, 0.6) is 0 Å².